The van der Waals surface area contributed by atoms with Gasteiger partial charge >= 0.3 is 0 Å². The molecular formula is C9H21NO. The summed E-state index contributed by atoms with van der Waals surface area (Å²) < 4.78 is 5.20. The van der Waals surface area contributed by atoms with E-state index >= 15 is 0 Å². The topological polar surface area (TPSA) is 21.3 Å². The van der Waals surface area contributed by atoms with Gasteiger partial charge in [-0.25, -0.2) is 0 Å². The van der Waals surface area contributed by atoms with Gasteiger partial charge in [0.15, 0.2) is 0 Å². The average Bonchev–Trinajstić information content (AvgIpc) is 2.04. The van der Waals surface area contributed by atoms with Gasteiger partial charge in [-0.15, -0.1) is 0 Å². The molecule has 1 N–H and O–H groups in total. The van der Waals surface area contributed by atoms with Gasteiger partial charge in [0.2, 0.25) is 0 Å². The molecule has 68 valence electrons. The molecule has 0 saturated carbocycles. The maximum atomic E-state index is 5.20. The van der Waals surface area contributed by atoms with Crippen molar-refractivity contribution in [2.75, 3.05) is 27.3 Å². The third-order valence-corrected chi connectivity index (χ3v) is 2.50. The van der Waals surface area contributed by atoms with Crippen LogP contribution in [0, 0.1) is 5.41 Å². The third kappa shape index (κ3) is 3.21. The summed E-state index contributed by atoms with van der Waals surface area (Å²) in [5, 5.41) is 3.22. The van der Waals surface area contributed by atoms with E-state index in [0.717, 1.165) is 13.2 Å². The second-order valence-corrected chi connectivity index (χ2v) is 3.17. The van der Waals surface area contributed by atoms with Crippen molar-refractivity contribution in [1.82, 2.24) is 5.32 Å². The molecule has 2 heteroatoms. The van der Waals surface area contributed by atoms with Crippen LogP contribution in [0.15, 0.2) is 0 Å². The molecule has 0 fully saturated rings. The number of rotatable bonds is 6. The molecule has 0 saturated heterocycles. The zero-order valence-electron chi connectivity index (χ0n) is 8.24. The first-order chi connectivity index (χ1) is 5.24. The lowest BCUT2D eigenvalue weighted by Crippen LogP contribution is -2.35. The van der Waals surface area contributed by atoms with Crippen molar-refractivity contribution in [3.8, 4) is 0 Å². The Morgan fingerprint density at radius 2 is 1.82 bits per heavy atom. The van der Waals surface area contributed by atoms with Gasteiger partial charge in [0.1, 0.15) is 0 Å². The Morgan fingerprint density at radius 1 is 1.27 bits per heavy atom. The van der Waals surface area contributed by atoms with E-state index in [1.807, 2.05) is 7.05 Å². The molecule has 0 heterocycles. The van der Waals surface area contributed by atoms with Gasteiger partial charge < -0.3 is 10.1 Å². The molecule has 0 bridgehead atoms. The smallest absolute Gasteiger partial charge is 0.0530 e. The number of hydrogen-bond donors (Lipinski definition) is 1. The first kappa shape index (κ1) is 10.9. The van der Waals surface area contributed by atoms with Gasteiger partial charge in [0, 0.05) is 19.1 Å². The first-order valence-electron chi connectivity index (χ1n) is 4.38. The fourth-order valence-corrected chi connectivity index (χ4v) is 1.44. The van der Waals surface area contributed by atoms with Crippen LogP contribution in [0.1, 0.15) is 26.7 Å². The number of methoxy groups -OCH3 is 1. The van der Waals surface area contributed by atoms with Crippen LogP contribution in [-0.2, 0) is 4.74 Å². The second kappa shape index (κ2) is 5.56. The summed E-state index contributed by atoms with van der Waals surface area (Å²) >= 11 is 0. The van der Waals surface area contributed by atoms with Crippen molar-refractivity contribution in [3.63, 3.8) is 0 Å². The molecule has 0 atom stereocenters. The largest absolute Gasteiger partial charge is 0.384 e. The lowest BCUT2D eigenvalue weighted by molar-refractivity contribution is 0.0731. The minimum Gasteiger partial charge on any atom is -0.384 e. The number of nitrogens with one attached hydrogen (secondary N) is 1. The molecule has 0 aromatic carbocycles. The fourth-order valence-electron chi connectivity index (χ4n) is 1.44. The van der Waals surface area contributed by atoms with E-state index < -0.39 is 0 Å². The molecule has 0 aliphatic heterocycles. The molecule has 0 unspecified atom stereocenters. The van der Waals surface area contributed by atoms with Crippen LogP contribution in [0.5, 0.6) is 0 Å². The molecule has 0 aliphatic carbocycles. The summed E-state index contributed by atoms with van der Waals surface area (Å²) in [6.45, 7) is 6.36. The Hall–Kier alpha value is -0.0800. The Morgan fingerprint density at radius 3 is 2.09 bits per heavy atom. The van der Waals surface area contributed by atoms with E-state index in [9.17, 15) is 0 Å². The lowest BCUT2D eigenvalue weighted by Gasteiger charge is -2.30. The molecular weight excluding hydrogens is 138 g/mol. The summed E-state index contributed by atoms with van der Waals surface area (Å²) in [7, 11) is 3.77. The predicted octanol–water partition coefficient (Wildman–Crippen LogP) is 1.66. The summed E-state index contributed by atoms with van der Waals surface area (Å²) in [5.41, 5.74) is 0.351. The van der Waals surface area contributed by atoms with Gasteiger partial charge in [0.05, 0.1) is 6.61 Å². The quantitative estimate of drug-likeness (QED) is 0.636. The number of hydrogen-bond acceptors (Lipinski definition) is 2. The fraction of sp³-hybridized carbons (Fsp3) is 1.00. The Balaban J connectivity index is 3.96. The number of ether oxygens (including phenoxy) is 1. The highest BCUT2D eigenvalue weighted by atomic mass is 16.5. The van der Waals surface area contributed by atoms with Gasteiger partial charge in [-0.05, 0) is 19.9 Å². The van der Waals surface area contributed by atoms with Crippen molar-refractivity contribution < 1.29 is 4.74 Å². The third-order valence-electron chi connectivity index (χ3n) is 2.50. The molecule has 0 aromatic rings. The monoisotopic (exact) mass is 159 g/mol. The van der Waals surface area contributed by atoms with Crippen molar-refractivity contribution in [2.24, 2.45) is 5.41 Å². The standard InChI is InChI=1S/C9H21NO/c1-5-9(6-2,7-10-3)8-11-4/h10H,5-8H2,1-4H3. The summed E-state index contributed by atoms with van der Waals surface area (Å²) in [5.74, 6) is 0. The highest BCUT2D eigenvalue weighted by Gasteiger charge is 2.24. The zero-order chi connectivity index (χ0) is 8.74. The van der Waals surface area contributed by atoms with Gasteiger partial charge in [-0.2, -0.15) is 0 Å². The van der Waals surface area contributed by atoms with E-state index in [0.29, 0.717) is 5.41 Å². The Bertz CT molecular complexity index is 81.6. The minimum atomic E-state index is 0.351. The van der Waals surface area contributed by atoms with Crippen molar-refractivity contribution in [2.45, 2.75) is 26.7 Å². The van der Waals surface area contributed by atoms with Crippen LogP contribution in [0.25, 0.3) is 0 Å². The van der Waals surface area contributed by atoms with Crippen LogP contribution in [-0.4, -0.2) is 27.3 Å². The van der Waals surface area contributed by atoms with Crippen LogP contribution < -0.4 is 5.32 Å². The Labute approximate surface area is 70.3 Å². The average molecular weight is 159 g/mol. The van der Waals surface area contributed by atoms with Crippen LogP contribution >= 0.6 is 0 Å². The van der Waals surface area contributed by atoms with Crippen LogP contribution in [0.3, 0.4) is 0 Å². The van der Waals surface area contributed by atoms with Crippen molar-refractivity contribution in [1.29, 1.82) is 0 Å². The molecule has 2 nitrogen and oxygen atoms in total. The van der Waals surface area contributed by atoms with E-state index in [1.54, 1.807) is 7.11 Å². The zero-order valence-corrected chi connectivity index (χ0v) is 8.24. The highest BCUT2D eigenvalue weighted by Crippen LogP contribution is 2.25. The van der Waals surface area contributed by atoms with Gasteiger partial charge in [-0.3, -0.25) is 0 Å². The lowest BCUT2D eigenvalue weighted by atomic mass is 9.83. The second-order valence-electron chi connectivity index (χ2n) is 3.17. The van der Waals surface area contributed by atoms with E-state index in [1.165, 1.54) is 12.8 Å². The normalized spacial score (nSPS) is 12.0. The molecule has 11 heavy (non-hydrogen) atoms. The maximum Gasteiger partial charge on any atom is 0.0530 e. The molecule has 0 spiro atoms. The van der Waals surface area contributed by atoms with E-state index in [2.05, 4.69) is 19.2 Å². The maximum absolute atomic E-state index is 5.20. The first-order valence-corrected chi connectivity index (χ1v) is 4.38. The Kier molecular flexibility index (Phi) is 5.51. The van der Waals surface area contributed by atoms with Crippen molar-refractivity contribution in [3.05, 3.63) is 0 Å². The SMILES string of the molecule is CCC(CC)(CNC)COC. The molecule has 0 amide bonds. The van der Waals surface area contributed by atoms with Gasteiger partial charge in [0.25, 0.3) is 0 Å². The minimum absolute atomic E-state index is 0.351. The summed E-state index contributed by atoms with van der Waals surface area (Å²) in [6, 6.07) is 0. The predicted molar refractivity (Wildman–Crippen MR) is 48.8 cm³/mol. The summed E-state index contributed by atoms with van der Waals surface area (Å²) in [6.07, 6.45) is 2.36. The highest BCUT2D eigenvalue weighted by molar-refractivity contribution is 4.77. The molecule has 0 aliphatic rings. The van der Waals surface area contributed by atoms with E-state index in [-0.39, 0.29) is 0 Å². The van der Waals surface area contributed by atoms with Gasteiger partial charge in [-0.1, -0.05) is 13.8 Å². The van der Waals surface area contributed by atoms with Crippen LogP contribution in [0.4, 0.5) is 0 Å². The molecule has 0 radical (unpaired) electrons. The van der Waals surface area contributed by atoms with Crippen LogP contribution in [0.2, 0.25) is 0 Å². The summed E-state index contributed by atoms with van der Waals surface area (Å²) in [4.78, 5) is 0. The van der Waals surface area contributed by atoms with E-state index in [4.69, 9.17) is 4.74 Å². The molecule has 0 aromatic heterocycles. The molecule has 0 rings (SSSR count). The van der Waals surface area contributed by atoms with Crippen molar-refractivity contribution >= 4 is 0 Å².